The molecule has 0 radical (unpaired) electrons. The number of aryl methyl sites for hydroxylation is 3. The third-order valence-electron chi connectivity index (χ3n) is 5.19. The van der Waals surface area contributed by atoms with Gasteiger partial charge in [-0.25, -0.2) is 4.68 Å². The summed E-state index contributed by atoms with van der Waals surface area (Å²) in [7, 11) is 0. The Morgan fingerprint density at radius 3 is 2.26 bits per heavy atom. The minimum absolute atomic E-state index is 0.750. The first-order chi connectivity index (χ1) is 13.1. The average molecular weight is 362 g/mol. The highest BCUT2D eigenvalue weighted by Gasteiger charge is 2.19. The zero-order chi connectivity index (χ0) is 18.8. The largest absolute Gasteiger partial charge is 0.353 e. The molecule has 6 nitrogen and oxygen atoms in total. The maximum Gasteiger partial charge on any atom is 0.175 e. The lowest BCUT2D eigenvalue weighted by Crippen LogP contribution is -2.46. The van der Waals surface area contributed by atoms with Gasteiger partial charge in [0, 0.05) is 38.9 Å². The molecule has 140 valence electrons. The Morgan fingerprint density at radius 1 is 0.852 bits per heavy atom. The van der Waals surface area contributed by atoms with E-state index in [9.17, 15) is 0 Å². The molecule has 0 saturated carbocycles. The van der Waals surface area contributed by atoms with Crippen molar-refractivity contribution in [3.63, 3.8) is 0 Å². The minimum Gasteiger partial charge on any atom is -0.353 e. The number of piperazine rings is 1. The first-order valence-corrected chi connectivity index (χ1v) is 9.48. The second-order valence-corrected chi connectivity index (χ2v) is 7.34. The molecule has 3 aromatic rings. The Morgan fingerprint density at radius 2 is 1.59 bits per heavy atom. The van der Waals surface area contributed by atoms with Gasteiger partial charge in [0.05, 0.1) is 5.69 Å². The predicted octanol–water partition coefficient (Wildman–Crippen LogP) is 2.91. The van der Waals surface area contributed by atoms with Crippen molar-refractivity contribution in [2.24, 2.45) is 0 Å². The van der Waals surface area contributed by atoms with Crippen LogP contribution < -0.4 is 4.90 Å². The molecule has 0 atom stereocenters. The molecule has 1 aromatic carbocycles. The fourth-order valence-electron chi connectivity index (χ4n) is 3.50. The van der Waals surface area contributed by atoms with Crippen LogP contribution in [0.15, 0.2) is 42.6 Å². The van der Waals surface area contributed by atoms with Crippen LogP contribution in [0.2, 0.25) is 0 Å². The lowest BCUT2D eigenvalue weighted by Gasteiger charge is -2.35. The SMILES string of the molecule is Cc1ccc(C)c(CN2CCN(c3ccc(-n4ccc(C)n4)nn3)CC2)c1. The van der Waals surface area contributed by atoms with Gasteiger partial charge < -0.3 is 4.90 Å². The summed E-state index contributed by atoms with van der Waals surface area (Å²) >= 11 is 0. The van der Waals surface area contributed by atoms with E-state index in [1.165, 1.54) is 16.7 Å². The second-order valence-electron chi connectivity index (χ2n) is 7.34. The van der Waals surface area contributed by atoms with Crippen LogP contribution in [0.3, 0.4) is 0 Å². The molecule has 0 bridgehead atoms. The van der Waals surface area contributed by atoms with Crippen molar-refractivity contribution in [1.29, 1.82) is 0 Å². The van der Waals surface area contributed by atoms with E-state index < -0.39 is 0 Å². The van der Waals surface area contributed by atoms with Gasteiger partial charge in [-0.05, 0) is 50.1 Å². The summed E-state index contributed by atoms with van der Waals surface area (Å²) in [5.74, 6) is 1.69. The topological polar surface area (TPSA) is 50.1 Å². The van der Waals surface area contributed by atoms with Crippen LogP contribution in [-0.4, -0.2) is 51.1 Å². The second kappa shape index (κ2) is 7.48. The van der Waals surface area contributed by atoms with E-state index in [1.807, 2.05) is 31.3 Å². The van der Waals surface area contributed by atoms with Crippen LogP contribution >= 0.6 is 0 Å². The minimum atomic E-state index is 0.750. The fourth-order valence-corrected chi connectivity index (χ4v) is 3.50. The maximum atomic E-state index is 4.42. The van der Waals surface area contributed by atoms with E-state index in [2.05, 4.69) is 57.1 Å². The number of anilines is 1. The molecule has 0 amide bonds. The summed E-state index contributed by atoms with van der Waals surface area (Å²) in [6.07, 6.45) is 1.91. The summed E-state index contributed by atoms with van der Waals surface area (Å²) in [6, 6.07) is 12.7. The van der Waals surface area contributed by atoms with Gasteiger partial charge in [0.2, 0.25) is 0 Å². The number of rotatable bonds is 4. The summed E-state index contributed by atoms with van der Waals surface area (Å²) in [4.78, 5) is 4.83. The molecule has 0 unspecified atom stereocenters. The zero-order valence-corrected chi connectivity index (χ0v) is 16.3. The van der Waals surface area contributed by atoms with Crippen LogP contribution in [0, 0.1) is 20.8 Å². The molecule has 1 aliphatic heterocycles. The molecule has 1 aliphatic rings. The van der Waals surface area contributed by atoms with E-state index in [0.717, 1.165) is 50.1 Å². The van der Waals surface area contributed by atoms with E-state index in [-0.39, 0.29) is 0 Å². The van der Waals surface area contributed by atoms with Gasteiger partial charge in [-0.3, -0.25) is 4.90 Å². The Balaban J connectivity index is 1.37. The normalized spacial score (nSPS) is 15.3. The lowest BCUT2D eigenvalue weighted by atomic mass is 10.0. The van der Waals surface area contributed by atoms with Crippen molar-refractivity contribution in [1.82, 2.24) is 24.9 Å². The average Bonchev–Trinajstić information content (AvgIpc) is 3.12. The molecule has 27 heavy (non-hydrogen) atoms. The summed E-state index contributed by atoms with van der Waals surface area (Å²) < 4.78 is 1.76. The quantitative estimate of drug-likeness (QED) is 0.714. The van der Waals surface area contributed by atoms with Crippen LogP contribution in [0.1, 0.15) is 22.4 Å². The first-order valence-electron chi connectivity index (χ1n) is 9.48. The van der Waals surface area contributed by atoms with E-state index in [1.54, 1.807) is 4.68 Å². The molecule has 6 heteroatoms. The molecule has 2 aromatic heterocycles. The van der Waals surface area contributed by atoms with Crippen LogP contribution in [-0.2, 0) is 6.54 Å². The molecule has 3 heterocycles. The molecular weight excluding hydrogens is 336 g/mol. The first kappa shape index (κ1) is 17.7. The summed E-state index contributed by atoms with van der Waals surface area (Å²) in [5, 5.41) is 13.1. The summed E-state index contributed by atoms with van der Waals surface area (Å²) in [6.45, 7) is 11.4. The fraction of sp³-hybridized carbons (Fsp3) is 0.381. The molecular formula is C21H26N6. The smallest absolute Gasteiger partial charge is 0.175 e. The van der Waals surface area contributed by atoms with E-state index in [0.29, 0.717) is 0 Å². The third-order valence-corrected chi connectivity index (χ3v) is 5.19. The Labute approximate surface area is 160 Å². The lowest BCUT2D eigenvalue weighted by molar-refractivity contribution is 0.248. The monoisotopic (exact) mass is 362 g/mol. The van der Waals surface area contributed by atoms with Crippen LogP contribution in [0.5, 0.6) is 0 Å². The molecule has 1 saturated heterocycles. The highest BCUT2D eigenvalue weighted by Crippen LogP contribution is 2.17. The van der Waals surface area contributed by atoms with Crippen molar-refractivity contribution in [2.45, 2.75) is 27.3 Å². The number of hydrogen-bond acceptors (Lipinski definition) is 5. The highest BCUT2D eigenvalue weighted by atomic mass is 15.4. The molecule has 0 spiro atoms. The Bertz CT molecular complexity index is 907. The van der Waals surface area contributed by atoms with Gasteiger partial charge in [0.25, 0.3) is 0 Å². The number of nitrogens with zero attached hydrogens (tertiary/aromatic N) is 6. The van der Waals surface area contributed by atoms with E-state index >= 15 is 0 Å². The van der Waals surface area contributed by atoms with Gasteiger partial charge in [-0.15, -0.1) is 10.2 Å². The van der Waals surface area contributed by atoms with Gasteiger partial charge in [-0.2, -0.15) is 5.10 Å². The van der Waals surface area contributed by atoms with Crippen LogP contribution in [0.25, 0.3) is 5.82 Å². The number of aromatic nitrogens is 4. The van der Waals surface area contributed by atoms with Gasteiger partial charge in [0.1, 0.15) is 0 Å². The van der Waals surface area contributed by atoms with E-state index in [4.69, 9.17) is 0 Å². The molecule has 1 fully saturated rings. The van der Waals surface area contributed by atoms with Gasteiger partial charge >= 0.3 is 0 Å². The van der Waals surface area contributed by atoms with Crippen LogP contribution in [0.4, 0.5) is 5.82 Å². The third kappa shape index (κ3) is 4.01. The Hall–Kier alpha value is -2.73. The Kier molecular flexibility index (Phi) is 4.90. The molecule has 4 rings (SSSR count). The molecule has 0 aliphatic carbocycles. The summed E-state index contributed by atoms with van der Waals surface area (Å²) in [5.41, 5.74) is 5.11. The number of hydrogen-bond donors (Lipinski definition) is 0. The predicted molar refractivity (Wildman–Crippen MR) is 107 cm³/mol. The van der Waals surface area contributed by atoms with Gasteiger partial charge in [0.15, 0.2) is 11.6 Å². The standard InChI is InChI=1S/C21H26N6/c1-16-4-5-17(2)19(14-16)15-25-10-12-26(13-11-25)20-6-7-21(23-22-20)27-9-8-18(3)24-27/h4-9,14H,10-13,15H2,1-3H3. The zero-order valence-electron chi connectivity index (χ0n) is 16.3. The maximum absolute atomic E-state index is 4.42. The number of benzene rings is 1. The van der Waals surface area contributed by atoms with Gasteiger partial charge in [-0.1, -0.05) is 23.8 Å². The van der Waals surface area contributed by atoms with Crippen molar-refractivity contribution in [3.05, 3.63) is 65.0 Å². The van der Waals surface area contributed by atoms with Crippen molar-refractivity contribution in [2.75, 3.05) is 31.1 Å². The van der Waals surface area contributed by atoms with Crippen molar-refractivity contribution < 1.29 is 0 Å². The van der Waals surface area contributed by atoms with Crippen molar-refractivity contribution >= 4 is 5.82 Å². The highest BCUT2D eigenvalue weighted by molar-refractivity contribution is 5.40. The van der Waals surface area contributed by atoms with Crippen molar-refractivity contribution in [3.8, 4) is 5.82 Å². The molecule has 0 N–H and O–H groups in total.